The fraction of sp³-hybridized carbons (Fsp3) is 0.438. The number of carboxylic acids is 1. The van der Waals surface area contributed by atoms with E-state index in [2.05, 4.69) is 10.1 Å². The predicted octanol–water partition coefficient (Wildman–Crippen LogP) is 1.86. The number of carboxylic acid groups (broad SMARTS) is 1. The van der Waals surface area contributed by atoms with E-state index in [1.165, 1.54) is 6.20 Å². The van der Waals surface area contributed by atoms with Gasteiger partial charge < -0.3 is 15.1 Å². The van der Waals surface area contributed by atoms with Crippen molar-refractivity contribution in [1.29, 1.82) is 0 Å². The first-order valence-electron chi connectivity index (χ1n) is 7.96. The molecule has 1 saturated heterocycles. The van der Waals surface area contributed by atoms with Gasteiger partial charge in [0.15, 0.2) is 5.69 Å². The van der Waals surface area contributed by atoms with E-state index >= 15 is 0 Å². The minimum atomic E-state index is -4.83. The number of pyridine rings is 1. The highest BCUT2D eigenvalue weighted by Crippen LogP contribution is 2.31. The van der Waals surface area contributed by atoms with Crippen LogP contribution in [0.3, 0.4) is 0 Å². The van der Waals surface area contributed by atoms with Crippen LogP contribution >= 0.6 is 0 Å². The zero-order chi connectivity index (χ0) is 18.9. The summed E-state index contributed by atoms with van der Waals surface area (Å²) in [6.45, 7) is 1.59. The summed E-state index contributed by atoms with van der Waals surface area (Å²) >= 11 is 0. The number of aliphatic hydroxyl groups is 1. The van der Waals surface area contributed by atoms with Gasteiger partial charge >= 0.3 is 12.1 Å². The fourth-order valence-electron chi connectivity index (χ4n) is 2.94. The van der Waals surface area contributed by atoms with Crippen molar-refractivity contribution in [1.82, 2.24) is 14.8 Å². The van der Waals surface area contributed by atoms with Crippen LogP contribution in [0.15, 0.2) is 24.5 Å². The van der Waals surface area contributed by atoms with E-state index < -0.39 is 23.4 Å². The molecule has 1 aliphatic heterocycles. The Morgan fingerprint density at radius 2 is 2.12 bits per heavy atom. The number of nitrogens with zero attached hydrogens (tertiary/aromatic N) is 4. The third kappa shape index (κ3) is 3.79. The van der Waals surface area contributed by atoms with Crippen LogP contribution in [-0.2, 0) is 12.7 Å². The van der Waals surface area contributed by atoms with E-state index in [1.807, 2.05) is 4.90 Å². The summed E-state index contributed by atoms with van der Waals surface area (Å²) in [6, 6.07) is 3.46. The molecule has 0 radical (unpaired) electrons. The van der Waals surface area contributed by atoms with Gasteiger partial charge in [0, 0.05) is 38.0 Å². The molecular formula is C16H17F3N4O3. The highest BCUT2D eigenvalue weighted by Gasteiger charge is 2.39. The van der Waals surface area contributed by atoms with Gasteiger partial charge in [0.2, 0.25) is 0 Å². The molecule has 3 heterocycles. The standard InChI is InChI=1S/C16H17F3N4O3/c17-16(18,19)14-12(15(25)26)8-23(21-14)7-10-1-2-13(20-5-10)22-4-3-11(6-22)9-24/h1-2,5,8,11,24H,3-4,6-7,9H2,(H,25,26). The normalized spacial score (nSPS) is 17.7. The summed E-state index contributed by atoms with van der Waals surface area (Å²) < 4.78 is 39.6. The number of aliphatic hydroxyl groups excluding tert-OH is 1. The molecule has 26 heavy (non-hydrogen) atoms. The van der Waals surface area contributed by atoms with Crippen molar-refractivity contribution in [2.24, 2.45) is 5.92 Å². The Kier molecular flexibility index (Phi) is 4.86. The van der Waals surface area contributed by atoms with Crippen molar-refractivity contribution in [2.45, 2.75) is 19.1 Å². The van der Waals surface area contributed by atoms with Gasteiger partial charge in [0.05, 0.1) is 6.54 Å². The van der Waals surface area contributed by atoms with Crippen LogP contribution in [0, 0.1) is 5.92 Å². The molecule has 2 aromatic rings. The van der Waals surface area contributed by atoms with E-state index in [-0.39, 0.29) is 19.1 Å². The first-order chi connectivity index (χ1) is 12.3. The van der Waals surface area contributed by atoms with Crippen molar-refractivity contribution < 1.29 is 28.2 Å². The van der Waals surface area contributed by atoms with Gasteiger partial charge in [-0.15, -0.1) is 0 Å². The van der Waals surface area contributed by atoms with E-state index in [0.717, 1.165) is 29.7 Å². The minimum absolute atomic E-state index is 0.0249. The summed E-state index contributed by atoms with van der Waals surface area (Å²) in [7, 11) is 0. The van der Waals surface area contributed by atoms with Crippen molar-refractivity contribution in [2.75, 3.05) is 24.6 Å². The fourth-order valence-corrected chi connectivity index (χ4v) is 2.94. The second-order valence-corrected chi connectivity index (χ2v) is 6.20. The first-order valence-corrected chi connectivity index (χ1v) is 7.96. The predicted molar refractivity (Wildman–Crippen MR) is 84.9 cm³/mol. The number of alkyl halides is 3. The van der Waals surface area contributed by atoms with Crippen LogP contribution in [0.5, 0.6) is 0 Å². The summed E-state index contributed by atoms with van der Waals surface area (Å²) in [4.78, 5) is 17.3. The lowest BCUT2D eigenvalue weighted by molar-refractivity contribution is -0.142. The molecule has 1 fully saturated rings. The summed E-state index contributed by atoms with van der Waals surface area (Å²) in [5.74, 6) is -0.729. The Morgan fingerprint density at radius 3 is 2.62 bits per heavy atom. The van der Waals surface area contributed by atoms with Gasteiger partial charge in [-0.3, -0.25) is 4.68 Å². The minimum Gasteiger partial charge on any atom is -0.478 e. The lowest BCUT2D eigenvalue weighted by Crippen LogP contribution is -2.21. The van der Waals surface area contributed by atoms with Crippen LogP contribution in [0.4, 0.5) is 19.0 Å². The molecule has 0 bridgehead atoms. The molecule has 0 saturated carbocycles. The van der Waals surface area contributed by atoms with Crippen LogP contribution in [0.25, 0.3) is 0 Å². The molecule has 7 nitrogen and oxygen atoms in total. The van der Waals surface area contributed by atoms with E-state index in [0.29, 0.717) is 12.1 Å². The van der Waals surface area contributed by atoms with Crippen LogP contribution in [-0.4, -0.2) is 50.6 Å². The highest BCUT2D eigenvalue weighted by molar-refractivity contribution is 5.88. The molecule has 140 valence electrons. The van der Waals surface area contributed by atoms with E-state index in [4.69, 9.17) is 5.11 Å². The molecule has 1 atom stereocenters. The summed E-state index contributed by atoms with van der Waals surface area (Å²) in [5, 5.41) is 21.5. The van der Waals surface area contributed by atoms with Gasteiger partial charge in [-0.25, -0.2) is 9.78 Å². The molecule has 2 N–H and O–H groups in total. The molecular weight excluding hydrogens is 353 g/mol. The Bertz CT molecular complexity index is 789. The molecule has 1 unspecified atom stereocenters. The van der Waals surface area contributed by atoms with Gasteiger partial charge in [-0.05, 0) is 18.1 Å². The smallest absolute Gasteiger partial charge is 0.436 e. The molecule has 3 rings (SSSR count). The van der Waals surface area contributed by atoms with E-state index in [9.17, 15) is 23.1 Å². The number of carbonyl (C=O) groups is 1. The second kappa shape index (κ2) is 6.94. The Balaban J connectivity index is 1.74. The number of rotatable bonds is 5. The van der Waals surface area contributed by atoms with Crippen molar-refractivity contribution >= 4 is 11.8 Å². The Hall–Kier alpha value is -2.62. The lowest BCUT2D eigenvalue weighted by atomic mass is 10.1. The van der Waals surface area contributed by atoms with Gasteiger partial charge in [0.1, 0.15) is 11.4 Å². The molecule has 0 amide bonds. The zero-order valence-corrected chi connectivity index (χ0v) is 13.6. The van der Waals surface area contributed by atoms with Crippen molar-refractivity contribution in [3.05, 3.63) is 41.3 Å². The number of hydrogen-bond acceptors (Lipinski definition) is 5. The highest BCUT2D eigenvalue weighted by atomic mass is 19.4. The molecule has 0 aliphatic carbocycles. The second-order valence-electron chi connectivity index (χ2n) is 6.20. The molecule has 1 aliphatic rings. The molecule has 2 aromatic heterocycles. The van der Waals surface area contributed by atoms with Crippen molar-refractivity contribution in [3.8, 4) is 0 Å². The largest absolute Gasteiger partial charge is 0.478 e. The van der Waals surface area contributed by atoms with E-state index in [1.54, 1.807) is 12.1 Å². The van der Waals surface area contributed by atoms with Gasteiger partial charge in [0.25, 0.3) is 0 Å². The topological polar surface area (TPSA) is 91.5 Å². The average molecular weight is 370 g/mol. The van der Waals surface area contributed by atoms with Crippen LogP contribution < -0.4 is 4.90 Å². The maximum absolute atomic E-state index is 12.9. The third-order valence-corrected chi connectivity index (χ3v) is 4.28. The molecule has 10 heteroatoms. The number of aromatic nitrogens is 3. The zero-order valence-electron chi connectivity index (χ0n) is 13.6. The van der Waals surface area contributed by atoms with Crippen molar-refractivity contribution in [3.63, 3.8) is 0 Å². The van der Waals surface area contributed by atoms with Crippen LogP contribution in [0.1, 0.15) is 28.0 Å². The quantitative estimate of drug-likeness (QED) is 0.835. The van der Waals surface area contributed by atoms with Gasteiger partial charge in [-0.1, -0.05) is 6.07 Å². The van der Waals surface area contributed by atoms with Crippen LogP contribution in [0.2, 0.25) is 0 Å². The third-order valence-electron chi connectivity index (χ3n) is 4.28. The monoisotopic (exact) mass is 370 g/mol. The van der Waals surface area contributed by atoms with Gasteiger partial charge in [-0.2, -0.15) is 18.3 Å². The number of hydrogen-bond donors (Lipinski definition) is 2. The molecule has 0 spiro atoms. The maximum Gasteiger partial charge on any atom is 0.436 e. The number of halogens is 3. The molecule has 0 aromatic carbocycles. The summed E-state index contributed by atoms with van der Waals surface area (Å²) in [6.07, 6.45) is -1.56. The first kappa shape index (κ1) is 18.2. The SMILES string of the molecule is O=C(O)c1cn(Cc2ccc(N3CCC(CO)C3)nc2)nc1C(F)(F)F. The number of anilines is 1. The Morgan fingerprint density at radius 1 is 1.35 bits per heavy atom. The summed E-state index contributed by atoms with van der Waals surface area (Å²) in [5.41, 5.74) is -1.70. The average Bonchev–Trinajstić information content (AvgIpc) is 3.22. The lowest BCUT2D eigenvalue weighted by Gasteiger charge is -2.17. The number of aromatic carboxylic acids is 1. The Labute approximate surface area is 146 Å². The maximum atomic E-state index is 12.9.